The highest BCUT2D eigenvalue weighted by atomic mass is 16.5. The van der Waals surface area contributed by atoms with E-state index in [4.69, 9.17) is 4.74 Å². The first kappa shape index (κ1) is 26.3. The maximum absolute atomic E-state index is 12.7. The summed E-state index contributed by atoms with van der Waals surface area (Å²) in [6.07, 6.45) is 0.892. The number of rotatable bonds is 11. The number of benzene rings is 2. The topological polar surface area (TPSA) is 105 Å². The Kier molecular flexibility index (Phi) is 8.90. The quantitative estimate of drug-likeness (QED) is 0.422. The predicted molar refractivity (Wildman–Crippen MR) is 135 cm³/mol. The van der Waals surface area contributed by atoms with Crippen molar-refractivity contribution >= 4 is 18.0 Å². The van der Waals surface area contributed by atoms with Gasteiger partial charge < -0.3 is 20.5 Å². The van der Waals surface area contributed by atoms with Crippen molar-refractivity contribution in [3.05, 3.63) is 59.7 Å². The van der Waals surface area contributed by atoms with Crippen LogP contribution in [0, 0.1) is 11.8 Å². The summed E-state index contributed by atoms with van der Waals surface area (Å²) in [7, 11) is 0. The molecule has 0 aromatic heterocycles. The van der Waals surface area contributed by atoms with Gasteiger partial charge in [0.25, 0.3) is 0 Å². The Morgan fingerprint density at radius 1 is 0.943 bits per heavy atom. The molecule has 7 nitrogen and oxygen atoms in total. The zero-order valence-corrected chi connectivity index (χ0v) is 20.9. The van der Waals surface area contributed by atoms with E-state index >= 15 is 0 Å². The highest BCUT2D eigenvalue weighted by Crippen LogP contribution is 2.44. The second kappa shape index (κ2) is 11.9. The number of amides is 2. The van der Waals surface area contributed by atoms with Gasteiger partial charge in [-0.05, 0) is 41.5 Å². The molecule has 0 heterocycles. The SMILES string of the molecule is CCCC(CC(=O)NC(C)C(C(=O)O)C(C)C)NC(=O)OCC1c2ccccc2-c2ccccc21. The van der Waals surface area contributed by atoms with Crippen LogP contribution in [0.25, 0.3) is 11.1 Å². The Morgan fingerprint density at radius 2 is 1.51 bits per heavy atom. The fraction of sp³-hybridized carbons (Fsp3) is 0.464. The maximum Gasteiger partial charge on any atom is 0.407 e. The van der Waals surface area contributed by atoms with Crippen LogP contribution in [0.3, 0.4) is 0 Å². The summed E-state index contributed by atoms with van der Waals surface area (Å²) < 4.78 is 5.62. The Labute approximate surface area is 207 Å². The van der Waals surface area contributed by atoms with Crippen LogP contribution < -0.4 is 10.6 Å². The number of alkyl carbamates (subject to hydrolysis) is 1. The van der Waals surface area contributed by atoms with E-state index in [-0.39, 0.29) is 30.8 Å². The Hall–Kier alpha value is -3.35. The largest absolute Gasteiger partial charge is 0.481 e. The van der Waals surface area contributed by atoms with Gasteiger partial charge in [0, 0.05) is 24.4 Å². The fourth-order valence-corrected chi connectivity index (χ4v) is 5.08. The first-order chi connectivity index (χ1) is 16.7. The minimum absolute atomic E-state index is 0.0362. The van der Waals surface area contributed by atoms with Gasteiger partial charge in [-0.1, -0.05) is 75.7 Å². The number of carboxylic acid groups (broad SMARTS) is 1. The molecule has 0 fully saturated rings. The van der Waals surface area contributed by atoms with E-state index < -0.39 is 30.1 Å². The third-order valence-corrected chi connectivity index (χ3v) is 6.67. The predicted octanol–water partition coefficient (Wildman–Crippen LogP) is 4.95. The molecular formula is C28H36N2O5. The maximum atomic E-state index is 12.7. The first-order valence-corrected chi connectivity index (χ1v) is 12.4. The zero-order valence-electron chi connectivity index (χ0n) is 20.9. The number of carboxylic acids is 1. The molecule has 3 N–H and O–H groups in total. The molecule has 2 aromatic carbocycles. The molecule has 7 heteroatoms. The number of fused-ring (bicyclic) bond motifs is 3. The summed E-state index contributed by atoms with van der Waals surface area (Å²) in [5.41, 5.74) is 4.59. The lowest BCUT2D eigenvalue weighted by atomic mass is 9.89. The second-order valence-electron chi connectivity index (χ2n) is 9.62. The van der Waals surface area contributed by atoms with Crippen LogP contribution in [0.4, 0.5) is 4.79 Å². The lowest BCUT2D eigenvalue weighted by Gasteiger charge is -2.25. The van der Waals surface area contributed by atoms with Gasteiger partial charge >= 0.3 is 12.1 Å². The van der Waals surface area contributed by atoms with Crippen molar-refractivity contribution in [3.63, 3.8) is 0 Å². The van der Waals surface area contributed by atoms with Gasteiger partial charge in [0.2, 0.25) is 5.91 Å². The van der Waals surface area contributed by atoms with E-state index in [0.29, 0.717) is 6.42 Å². The van der Waals surface area contributed by atoms with Gasteiger partial charge in [-0.25, -0.2) is 4.79 Å². The summed E-state index contributed by atoms with van der Waals surface area (Å²) in [5.74, 6) is -2.06. The van der Waals surface area contributed by atoms with Crippen molar-refractivity contribution in [1.29, 1.82) is 0 Å². The van der Waals surface area contributed by atoms with E-state index in [1.807, 2.05) is 45.0 Å². The van der Waals surface area contributed by atoms with Crippen molar-refractivity contribution in [2.75, 3.05) is 6.61 Å². The lowest BCUT2D eigenvalue weighted by Crippen LogP contribution is -2.46. The molecule has 1 aliphatic carbocycles. The standard InChI is InChI=1S/C28H36N2O5/c1-5-10-19(15-25(31)29-18(4)26(17(2)3)27(32)33)30-28(34)35-16-24-22-13-8-6-11-20(22)21-12-7-9-14-23(21)24/h6-9,11-14,17-19,24,26H,5,10,15-16H2,1-4H3,(H,29,31)(H,30,34)(H,32,33). The molecular weight excluding hydrogens is 444 g/mol. The average Bonchev–Trinajstić information content (AvgIpc) is 3.11. The number of nitrogens with one attached hydrogen (secondary N) is 2. The fourth-order valence-electron chi connectivity index (χ4n) is 5.08. The van der Waals surface area contributed by atoms with Crippen LogP contribution in [0.2, 0.25) is 0 Å². The average molecular weight is 481 g/mol. The summed E-state index contributed by atoms with van der Waals surface area (Å²) in [4.78, 5) is 36.8. The van der Waals surface area contributed by atoms with Crippen LogP contribution in [-0.2, 0) is 14.3 Å². The zero-order chi connectivity index (χ0) is 25.5. The molecule has 1 aliphatic rings. The first-order valence-electron chi connectivity index (χ1n) is 12.4. The Balaban J connectivity index is 1.58. The van der Waals surface area contributed by atoms with Gasteiger partial charge in [-0.3, -0.25) is 9.59 Å². The van der Waals surface area contributed by atoms with Crippen molar-refractivity contribution < 1.29 is 24.2 Å². The van der Waals surface area contributed by atoms with Crippen molar-refractivity contribution in [3.8, 4) is 11.1 Å². The molecule has 3 atom stereocenters. The van der Waals surface area contributed by atoms with Gasteiger partial charge in [0.1, 0.15) is 6.61 Å². The highest BCUT2D eigenvalue weighted by molar-refractivity contribution is 5.80. The number of hydrogen-bond acceptors (Lipinski definition) is 4. The van der Waals surface area contributed by atoms with Crippen LogP contribution in [0.5, 0.6) is 0 Å². The number of ether oxygens (including phenoxy) is 1. The van der Waals surface area contributed by atoms with Gasteiger partial charge in [0.05, 0.1) is 5.92 Å². The second-order valence-corrected chi connectivity index (χ2v) is 9.62. The van der Waals surface area contributed by atoms with Crippen molar-refractivity contribution in [2.24, 2.45) is 11.8 Å². The van der Waals surface area contributed by atoms with Crippen LogP contribution >= 0.6 is 0 Å². The third kappa shape index (κ3) is 6.41. The molecule has 35 heavy (non-hydrogen) atoms. The summed E-state index contributed by atoms with van der Waals surface area (Å²) in [6, 6.07) is 15.4. The minimum atomic E-state index is -0.935. The van der Waals surface area contributed by atoms with E-state index in [9.17, 15) is 19.5 Å². The monoisotopic (exact) mass is 480 g/mol. The van der Waals surface area contributed by atoms with E-state index in [1.165, 1.54) is 0 Å². The lowest BCUT2D eigenvalue weighted by molar-refractivity contribution is -0.144. The molecule has 0 saturated carbocycles. The Bertz CT molecular complexity index is 1010. The van der Waals surface area contributed by atoms with Gasteiger partial charge in [-0.2, -0.15) is 0 Å². The summed E-state index contributed by atoms with van der Waals surface area (Å²) in [6.45, 7) is 7.52. The number of carbonyl (C=O) groups is 3. The molecule has 0 radical (unpaired) electrons. The minimum Gasteiger partial charge on any atom is -0.481 e. The van der Waals surface area contributed by atoms with E-state index in [0.717, 1.165) is 28.7 Å². The van der Waals surface area contributed by atoms with Crippen molar-refractivity contribution in [1.82, 2.24) is 10.6 Å². The van der Waals surface area contributed by atoms with E-state index in [1.54, 1.807) is 6.92 Å². The highest BCUT2D eigenvalue weighted by Gasteiger charge is 2.31. The molecule has 188 valence electrons. The molecule has 0 saturated heterocycles. The van der Waals surface area contributed by atoms with E-state index in [2.05, 4.69) is 34.9 Å². The van der Waals surface area contributed by atoms with Crippen LogP contribution in [0.1, 0.15) is 64.0 Å². The summed E-state index contributed by atoms with van der Waals surface area (Å²) >= 11 is 0. The Morgan fingerprint density at radius 3 is 2.03 bits per heavy atom. The van der Waals surface area contributed by atoms with Crippen LogP contribution in [0.15, 0.2) is 48.5 Å². The smallest absolute Gasteiger partial charge is 0.407 e. The number of aliphatic carboxylic acids is 1. The molecule has 2 amide bonds. The van der Waals surface area contributed by atoms with Gasteiger partial charge in [-0.15, -0.1) is 0 Å². The van der Waals surface area contributed by atoms with Gasteiger partial charge in [0.15, 0.2) is 0 Å². The molecule has 3 rings (SSSR count). The van der Waals surface area contributed by atoms with Crippen molar-refractivity contribution in [2.45, 2.75) is 65.0 Å². The summed E-state index contributed by atoms with van der Waals surface area (Å²) in [5, 5.41) is 15.1. The third-order valence-electron chi connectivity index (χ3n) is 6.67. The molecule has 0 aliphatic heterocycles. The van der Waals surface area contributed by atoms with Crippen LogP contribution in [-0.4, -0.2) is 41.8 Å². The molecule has 0 bridgehead atoms. The number of carbonyl (C=O) groups excluding carboxylic acids is 2. The number of hydrogen-bond donors (Lipinski definition) is 3. The molecule has 2 aromatic rings. The normalized spacial score (nSPS) is 15.0. The molecule has 0 spiro atoms. The molecule has 3 unspecified atom stereocenters.